The third-order valence-electron chi connectivity index (χ3n) is 4.75. The number of nitrogens with two attached hydrogens (primary N) is 1. The van der Waals surface area contributed by atoms with Gasteiger partial charge in [-0.2, -0.15) is 0 Å². The van der Waals surface area contributed by atoms with Gasteiger partial charge in [-0.25, -0.2) is 9.18 Å². The third kappa shape index (κ3) is 3.96. The largest absolute Gasteiger partial charge is 0.331 e. The maximum absolute atomic E-state index is 13.0. The Morgan fingerprint density at radius 2 is 1.88 bits per heavy atom. The molecule has 0 spiro atoms. The van der Waals surface area contributed by atoms with Crippen LogP contribution in [0.15, 0.2) is 29.3 Å². The minimum atomic E-state index is -1.16. The number of rotatable bonds is 4. The lowest BCUT2D eigenvalue weighted by molar-refractivity contribution is -0.139. The highest BCUT2D eigenvalue weighted by Crippen LogP contribution is 2.20. The van der Waals surface area contributed by atoms with Crippen LogP contribution in [0, 0.1) is 11.7 Å². The first-order valence-corrected chi connectivity index (χ1v) is 8.65. The summed E-state index contributed by atoms with van der Waals surface area (Å²) in [7, 11) is 0. The smallest absolute Gasteiger partial charge is 0.326 e. The number of carbonyl (C=O) groups excluding carboxylic acids is 3. The second-order valence-electron chi connectivity index (χ2n) is 6.64. The Labute approximate surface area is 150 Å². The van der Waals surface area contributed by atoms with Crippen molar-refractivity contribution in [3.05, 3.63) is 35.6 Å². The molecule has 2 aliphatic rings. The molecule has 1 aliphatic carbocycles. The molecule has 138 valence electrons. The number of amides is 4. The number of imide groups is 2. The second-order valence-corrected chi connectivity index (χ2v) is 6.64. The molecule has 1 aromatic carbocycles. The lowest BCUT2D eigenvalue weighted by Crippen LogP contribution is -2.58. The predicted molar refractivity (Wildman–Crippen MR) is 92.7 cm³/mol. The van der Waals surface area contributed by atoms with Crippen molar-refractivity contribution in [3.8, 4) is 0 Å². The number of barbiturate groups is 1. The molecule has 3 atom stereocenters. The number of aliphatic imine (C=N–C) groups is 1. The Bertz CT molecular complexity index is 734. The SMILES string of the molecule is N[C@H]1CCCC[C@@H]1N=C[C@@H]1C(=O)NC(=O)N(Cc2ccc(F)cc2)C1=O. The van der Waals surface area contributed by atoms with Crippen LogP contribution >= 0.6 is 0 Å². The summed E-state index contributed by atoms with van der Waals surface area (Å²) in [6, 6.07) is 4.47. The van der Waals surface area contributed by atoms with Gasteiger partial charge in [-0.05, 0) is 30.5 Å². The topological polar surface area (TPSA) is 105 Å². The lowest BCUT2D eigenvalue weighted by atomic mass is 9.91. The van der Waals surface area contributed by atoms with Crippen molar-refractivity contribution in [2.24, 2.45) is 16.6 Å². The predicted octanol–water partition coefficient (Wildman–Crippen LogP) is 1.36. The van der Waals surface area contributed by atoms with Gasteiger partial charge in [-0.1, -0.05) is 25.0 Å². The third-order valence-corrected chi connectivity index (χ3v) is 4.75. The maximum atomic E-state index is 13.0. The molecule has 7 nitrogen and oxygen atoms in total. The van der Waals surface area contributed by atoms with Crippen molar-refractivity contribution in [1.29, 1.82) is 0 Å². The normalized spacial score (nSPS) is 27.1. The summed E-state index contributed by atoms with van der Waals surface area (Å²) < 4.78 is 13.0. The van der Waals surface area contributed by atoms with Crippen molar-refractivity contribution >= 4 is 24.1 Å². The van der Waals surface area contributed by atoms with E-state index in [0.717, 1.165) is 30.6 Å². The van der Waals surface area contributed by atoms with Gasteiger partial charge in [0.05, 0.1) is 12.6 Å². The highest BCUT2D eigenvalue weighted by atomic mass is 19.1. The van der Waals surface area contributed by atoms with E-state index in [1.807, 2.05) is 0 Å². The van der Waals surface area contributed by atoms with Crippen LogP contribution in [0.4, 0.5) is 9.18 Å². The molecule has 3 rings (SSSR count). The van der Waals surface area contributed by atoms with E-state index in [4.69, 9.17) is 5.73 Å². The van der Waals surface area contributed by atoms with Crippen LogP contribution in [0.2, 0.25) is 0 Å². The fraction of sp³-hybridized carbons (Fsp3) is 0.444. The molecular weight excluding hydrogens is 339 g/mol. The van der Waals surface area contributed by atoms with E-state index in [2.05, 4.69) is 10.3 Å². The van der Waals surface area contributed by atoms with Crippen molar-refractivity contribution in [3.63, 3.8) is 0 Å². The molecule has 4 amide bonds. The van der Waals surface area contributed by atoms with Gasteiger partial charge in [0.15, 0.2) is 5.92 Å². The lowest BCUT2D eigenvalue weighted by Gasteiger charge is -2.29. The first-order chi connectivity index (χ1) is 12.5. The second kappa shape index (κ2) is 7.74. The average molecular weight is 360 g/mol. The molecule has 1 aliphatic heterocycles. The van der Waals surface area contributed by atoms with Crippen LogP contribution in [0.25, 0.3) is 0 Å². The van der Waals surface area contributed by atoms with Crippen LogP contribution in [-0.4, -0.2) is 41.0 Å². The van der Waals surface area contributed by atoms with E-state index in [-0.39, 0.29) is 18.6 Å². The number of carbonyl (C=O) groups is 3. The molecule has 3 N–H and O–H groups in total. The molecule has 0 radical (unpaired) electrons. The monoisotopic (exact) mass is 360 g/mol. The Morgan fingerprint density at radius 1 is 1.19 bits per heavy atom. The van der Waals surface area contributed by atoms with Crippen molar-refractivity contribution < 1.29 is 18.8 Å². The molecular formula is C18H21FN4O3. The van der Waals surface area contributed by atoms with E-state index in [1.165, 1.54) is 30.5 Å². The van der Waals surface area contributed by atoms with E-state index >= 15 is 0 Å². The summed E-state index contributed by atoms with van der Waals surface area (Å²) in [6.07, 6.45) is 5.05. The van der Waals surface area contributed by atoms with Crippen molar-refractivity contribution in [1.82, 2.24) is 10.2 Å². The maximum Gasteiger partial charge on any atom is 0.331 e. The zero-order chi connectivity index (χ0) is 18.7. The molecule has 8 heteroatoms. The quantitative estimate of drug-likeness (QED) is 0.625. The highest BCUT2D eigenvalue weighted by molar-refractivity contribution is 6.23. The summed E-state index contributed by atoms with van der Waals surface area (Å²) in [5, 5.41) is 2.17. The summed E-state index contributed by atoms with van der Waals surface area (Å²) in [5.74, 6) is -2.91. The van der Waals surface area contributed by atoms with Crippen molar-refractivity contribution in [2.75, 3.05) is 0 Å². The van der Waals surface area contributed by atoms with Gasteiger partial charge in [0.25, 0.3) is 0 Å². The number of nitrogens with one attached hydrogen (secondary N) is 1. The van der Waals surface area contributed by atoms with Gasteiger partial charge in [-0.3, -0.25) is 24.8 Å². The first kappa shape index (κ1) is 18.2. The Balaban J connectivity index is 1.73. The first-order valence-electron chi connectivity index (χ1n) is 8.65. The molecule has 2 fully saturated rings. The number of urea groups is 1. The molecule has 1 saturated heterocycles. The van der Waals surface area contributed by atoms with Gasteiger partial charge in [0, 0.05) is 12.3 Å². The number of hydrogen-bond acceptors (Lipinski definition) is 5. The van der Waals surface area contributed by atoms with Crippen LogP contribution in [0.5, 0.6) is 0 Å². The number of halogens is 1. The minimum Gasteiger partial charge on any atom is -0.326 e. The summed E-state index contributed by atoms with van der Waals surface area (Å²) in [4.78, 5) is 42.0. The summed E-state index contributed by atoms with van der Waals surface area (Å²) in [6.45, 7) is -0.0501. The van der Waals surface area contributed by atoms with E-state index in [0.29, 0.717) is 5.56 Å². The highest BCUT2D eigenvalue weighted by Gasteiger charge is 2.39. The minimum absolute atomic E-state index is 0.0501. The molecule has 0 unspecified atom stereocenters. The van der Waals surface area contributed by atoms with Crippen LogP contribution in [-0.2, 0) is 16.1 Å². The molecule has 1 heterocycles. The van der Waals surface area contributed by atoms with Crippen LogP contribution in [0.1, 0.15) is 31.2 Å². The van der Waals surface area contributed by atoms with Gasteiger partial charge in [0.2, 0.25) is 11.8 Å². The molecule has 26 heavy (non-hydrogen) atoms. The fourth-order valence-electron chi connectivity index (χ4n) is 3.21. The Hall–Kier alpha value is -2.61. The number of benzene rings is 1. The van der Waals surface area contributed by atoms with Gasteiger partial charge in [0.1, 0.15) is 5.82 Å². The molecule has 0 aromatic heterocycles. The van der Waals surface area contributed by atoms with Gasteiger partial charge in [-0.15, -0.1) is 0 Å². The average Bonchev–Trinajstić information content (AvgIpc) is 2.61. The van der Waals surface area contributed by atoms with E-state index in [9.17, 15) is 18.8 Å². The fourth-order valence-corrected chi connectivity index (χ4v) is 3.21. The van der Waals surface area contributed by atoms with Gasteiger partial charge < -0.3 is 5.73 Å². The summed E-state index contributed by atoms with van der Waals surface area (Å²) in [5.41, 5.74) is 6.61. The number of nitrogens with zero attached hydrogens (tertiary/aromatic N) is 2. The molecule has 1 aromatic rings. The standard InChI is InChI=1S/C18H21FN4O3/c19-12-7-5-11(6-8-12)10-23-17(25)13(16(24)22-18(23)26)9-21-15-4-2-1-3-14(15)20/h5-9,13-15H,1-4,10,20H2,(H,22,24,26)/t13-,14+,15+/m1/s1. The Morgan fingerprint density at radius 3 is 2.58 bits per heavy atom. The van der Waals surface area contributed by atoms with Gasteiger partial charge >= 0.3 is 6.03 Å². The summed E-state index contributed by atoms with van der Waals surface area (Å²) >= 11 is 0. The Kier molecular flexibility index (Phi) is 5.41. The van der Waals surface area contributed by atoms with E-state index < -0.39 is 29.6 Å². The van der Waals surface area contributed by atoms with Crippen LogP contribution in [0.3, 0.4) is 0 Å². The van der Waals surface area contributed by atoms with Crippen LogP contribution < -0.4 is 11.1 Å². The number of hydrogen-bond donors (Lipinski definition) is 2. The van der Waals surface area contributed by atoms with E-state index in [1.54, 1.807) is 0 Å². The molecule has 1 saturated carbocycles. The zero-order valence-electron chi connectivity index (χ0n) is 14.2. The van der Waals surface area contributed by atoms with Crippen molar-refractivity contribution in [2.45, 2.75) is 44.3 Å². The zero-order valence-corrected chi connectivity index (χ0v) is 14.2. The molecule has 0 bridgehead atoms.